The monoisotopic (exact) mass is 275 g/mol. The van der Waals surface area contributed by atoms with Crippen molar-refractivity contribution in [2.45, 2.75) is 32.4 Å². The molecule has 2 fully saturated rings. The Morgan fingerprint density at radius 1 is 1.30 bits per heavy atom. The lowest BCUT2D eigenvalue weighted by Gasteiger charge is -2.47. The summed E-state index contributed by atoms with van der Waals surface area (Å²) in [6.45, 7) is 10.7. The van der Waals surface area contributed by atoms with Crippen LogP contribution in [0.2, 0.25) is 0 Å². The number of hydrogen-bond acceptors (Lipinski definition) is 4. The molecule has 2 aliphatic heterocycles. The maximum absolute atomic E-state index is 5.70. The second-order valence-electron chi connectivity index (χ2n) is 6.10. The Labute approximate surface area is 121 Å². The number of fused-ring (bicyclic) bond motifs is 1. The molecular formula is C16H25N3O. The molecule has 0 radical (unpaired) electrons. The summed E-state index contributed by atoms with van der Waals surface area (Å²) in [4.78, 5) is 9.77. The molecule has 0 spiro atoms. The SMILES string of the molecule is Cc1cccc(CCN2CCN3[C@@H](COC[C@@H]3C)C2)n1. The molecule has 2 saturated heterocycles. The van der Waals surface area contributed by atoms with Crippen LogP contribution >= 0.6 is 0 Å². The Morgan fingerprint density at radius 2 is 2.20 bits per heavy atom. The van der Waals surface area contributed by atoms with Crippen LogP contribution in [0.15, 0.2) is 18.2 Å². The van der Waals surface area contributed by atoms with Crippen molar-refractivity contribution >= 4 is 0 Å². The molecule has 4 heteroatoms. The number of rotatable bonds is 3. The predicted molar refractivity (Wildman–Crippen MR) is 79.9 cm³/mol. The van der Waals surface area contributed by atoms with Crippen LogP contribution in [0.3, 0.4) is 0 Å². The summed E-state index contributed by atoms with van der Waals surface area (Å²) in [5.74, 6) is 0. The maximum Gasteiger partial charge on any atom is 0.0635 e. The van der Waals surface area contributed by atoms with Crippen molar-refractivity contribution in [3.63, 3.8) is 0 Å². The number of morpholine rings is 1. The third-order valence-electron chi connectivity index (χ3n) is 4.48. The molecule has 0 aromatic carbocycles. The molecule has 2 atom stereocenters. The lowest BCUT2D eigenvalue weighted by atomic mass is 10.1. The van der Waals surface area contributed by atoms with Gasteiger partial charge < -0.3 is 9.64 Å². The number of pyridine rings is 1. The fourth-order valence-electron chi connectivity index (χ4n) is 3.35. The second-order valence-corrected chi connectivity index (χ2v) is 6.10. The topological polar surface area (TPSA) is 28.6 Å². The Kier molecular flexibility index (Phi) is 4.34. The lowest BCUT2D eigenvalue weighted by molar-refractivity contribution is -0.0750. The van der Waals surface area contributed by atoms with Crippen molar-refractivity contribution < 1.29 is 4.74 Å². The van der Waals surface area contributed by atoms with Crippen molar-refractivity contribution in [1.82, 2.24) is 14.8 Å². The summed E-state index contributed by atoms with van der Waals surface area (Å²) < 4.78 is 5.70. The molecule has 1 aromatic heterocycles. The van der Waals surface area contributed by atoms with Gasteiger partial charge in [0.05, 0.1) is 13.2 Å². The molecule has 3 rings (SSSR count). The fraction of sp³-hybridized carbons (Fsp3) is 0.688. The van der Waals surface area contributed by atoms with Crippen LogP contribution in [0, 0.1) is 6.92 Å². The minimum Gasteiger partial charge on any atom is -0.378 e. The fourth-order valence-corrected chi connectivity index (χ4v) is 3.35. The first kappa shape index (κ1) is 14.0. The van der Waals surface area contributed by atoms with E-state index in [1.807, 2.05) is 0 Å². The van der Waals surface area contributed by atoms with E-state index in [-0.39, 0.29) is 0 Å². The summed E-state index contributed by atoms with van der Waals surface area (Å²) in [6.07, 6.45) is 1.05. The van der Waals surface area contributed by atoms with E-state index in [1.165, 1.54) is 18.8 Å². The molecular weight excluding hydrogens is 250 g/mol. The summed E-state index contributed by atoms with van der Waals surface area (Å²) in [5, 5.41) is 0. The van der Waals surface area contributed by atoms with Gasteiger partial charge in [-0.25, -0.2) is 0 Å². The van der Waals surface area contributed by atoms with Crippen molar-refractivity contribution in [2.24, 2.45) is 0 Å². The molecule has 0 bridgehead atoms. The highest BCUT2D eigenvalue weighted by Gasteiger charge is 2.33. The van der Waals surface area contributed by atoms with Gasteiger partial charge in [-0.1, -0.05) is 6.07 Å². The van der Waals surface area contributed by atoms with Gasteiger partial charge in [-0.05, 0) is 26.0 Å². The molecule has 0 N–H and O–H groups in total. The van der Waals surface area contributed by atoms with Crippen molar-refractivity contribution in [2.75, 3.05) is 39.4 Å². The van der Waals surface area contributed by atoms with Crippen LogP contribution in [0.4, 0.5) is 0 Å². The minimum absolute atomic E-state index is 0.578. The third-order valence-corrected chi connectivity index (χ3v) is 4.48. The van der Waals surface area contributed by atoms with Gasteiger partial charge in [0.15, 0.2) is 0 Å². The number of ether oxygens (including phenoxy) is 1. The number of piperazine rings is 1. The van der Waals surface area contributed by atoms with E-state index in [1.54, 1.807) is 0 Å². The average Bonchev–Trinajstić information content (AvgIpc) is 2.45. The Hall–Kier alpha value is -0.970. The zero-order chi connectivity index (χ0) is 13.9. The normalized spacial score (nSPS) is 28.3. The van der Waals surface area contributed by atoms with E-state index in [0.29, 0.717) is 12.1 Å². The van der Waals surface area contributed by atoms with E-state index in [0.717, 1.165) is 38.4 Å². The summed E-state index contributed by atoms with van der Waals surface area (Å²) >= 11 is 0. The van der Waals surface area contributed by atoms with Gasteiger partial charge in [-0.15, -0.1) is 0 Å². The highest BCUT2D eigenvalue weighted by atomic mass is 16.5. The third kappa shape index (κ3) is 3.19. The van der Waals surface area contributed by atoms with Crippen LogP contribution in [-0.2, 0) is 11.2 Å². The first-order valence-corrected chi connectivity index (χ1v) is 7.71. The lowest BCUT2D eigenvalue weighted by Crippen LogP contribution is -2.61. The standard InChI is InChI=1S/C16H25N3O/c1-13-4-3-5-15(17-13)6-7-18-8-9-19-14(2)11-20-12-16(19)10-18/h3-5,14,16H,6-12H2,1-2H3/t14-,16+/m0/s1. The van der Waals surface area contributed by atoms with Gasteiger partial charge in [-0.3, -0.25) is 9.88 Å². The first-order valence-electron chi connectivity index (χ1n) is 7.71. The van der Waals surface area contributed by atoms with E-state index >= 15 is 0 Å². The van der Waals surface area contributed by atoms with Gasteiger partial charge in [-0.2, -0.15) is 0 Å². The van der Waals surface area contributed by atoms with Gasteiger partial charge in [0, 0.05) is 56.1 Å². The van der Waals surface area contributed by atoms with Crippen LogP contribution in [-0.4, -0.2) is 66.3 Å². The second kappa shape index (κ2) is 6.20. The molecule has 110 valence electrons. The van der Waals surface area contributed by atoms with E-state index in [4.69, 9.17) is 4.74 Å². The zero-order valence-electron chi connectivity index (χ0n) is 12.6. The minimum atomic E-state index is 0.578. The van der Waals surface area contributed by atoms with Crippen molar-refractivity contribution in [3.05, 3.63) is 29.6 Å². The Morgan fingerprint density at radius 3 is 3.05 bits per heavy atom. The Bertz CT molecular complexity index is 451. The maximum atomic E-state index is 5.70. The van der Waals surface area contributed by atoms with Crippen LogP contribution in [0.1, 0.15) is 18.3 Å². The van der Waals surface area contributed by atoms with E-state index in [9.17, 15) is 0 Å². The summed E-state index contributed by atoms with van der Waals surface area (Å²) in [5.41, 5.74) is 2.32. The number of hydrogen-bond donors (Lipinski definition) is 0. The molecule has 0 aliphatic carbocycles. The first-order chi connectivity index (χ1) is 9.72. The predicted octanol–water partition coefficient (Wildman–Crippen LogP) is 1.34. The average molecular weight is 275 g/mol. The highest BCUT2D eigenvalue weighted by molar-refractivity contribution is 5.10. The molecule has 0 amide bonds. The van der Waals surface area contributed by atoms with Gasteiger partial charge in [0.1, 0.15) is 0 Å². The molecule has 20 heavy (non-hydrogen) atoms. The molecule has 4 nitrogen and oxygen atoms in total. The highest BCUT2D eigenvalue weighted by Crippen LogP contribution is 2.18. The quantitative estimate of drug-likeness (QED) is 0.832. The number of aromatic nitrogens is 1. The van der Waals surface area contributed by atoms with E-state index < -0.39 is 0 Å². The van der Waals surface area contributed by atoms with Gasteiger partial charge >= 0.3 is 0 Å². The van der Waals surface area contributed by atoms with Crippen LogP contribution in [0.5, 0.6) is 0 Å². The summed E-state index contributed by atoms with van der Waals surface area (Å²) in [6, 6.07) is 7.46. The molecule has 1 aromatic rings. The molecule has 0 saturated carbocycles. The smallest absolute Gasteiger partial charge is 0.0635 e. The van der Waals surface area contributed by atoms with Crippen molar-refractivity contribution in [1.29, 1.82) is 0 Å². The van der Waals surface area contributed by atoms with Crippen LogP contribution in [0.25, 0.3) is 0 Å². The van der Waals surface area contributed by atoms with Crippen LogP contribution < -0.4 is 0 Å². The molecule has 3 heterocycles. The largest absolute Gasteiger partial charge is 0.378 e. The van der Waals surface area contributed by atoms with Gasteiger partial charge in [0.25, 0.3) is 0 Å². The van der Waals surface area contributed by atoms with Gasteiger partial charge in [0.2, 0.25) is 0 Å². The van der Waals surface area contributed by atoms with E-state index in [2.05, 4.69) is 46.8 Å². The Balaban J connectivity index is 1.52. The van der Waals surface area contributed by atoms with Crippen molar-refractivity contribution in [3.8, 4) is 0 Å². The molecule has 2 aliphatic rings. The number of aryl methyl sites for hydroxylation is 1. The number of nitrogens with zero attached hydrogens (tertiary/aromatic N) is 3. The molecule has 0 unspecified atom stereocenters. The summed E-state index contributed by atoms with van der Waals surface area (Å²) in [7, 11) is 0. The zero-order valence-corrected chi connectivity index (χ0v) is 12.6.